The van der Waals surface area contributed by atoms with E-state index in [0.29, 0.717) is 31.7 Å². The Hall–Kier alpha value is -2.56. The number of nitrogens with one attached hydrogen (secondary N) is 1. The summed E-state index contributed by atoms with van der Waals surface area (Å²) in [6.07, 6.45) is 4.93. The van der Waals surface area contributed by atoms with Crippen LogP contribution in [0.2, 0.25) is 0 Å². The van der Waals surface area contributed by atoms with Crippen LogP contribution < -0.4 is 5.56 Å². The molecule has 1 N–H and O–H groups in total. The Kier molecular flexibility index (Phi) is 3.96. The van der Waals surface area contributed by atoms with E-state index < -0.39 is 0 Å². The first-order chi connectivity index (χ1) is 10.7. The average molecular weight is 297 g/mol. The van der Waals surface area contributed by atoms with Crippen LogP contribution >= 0.6 is 0 Å². The molecule has 0 saturated carbocycles. The predicted octanol–water partition coefficient (Wildman–Crippen LogP) is 1.60. The highest BCUT2D eigenvalue weighted by Gasteiger charge is 2.21. The van der Waals surface area contributed by atoms with Gasteiger partial charge in [-0.05, 0) is 24.1 Å². The van der Waals surface area contributed by atoms with E-state index in [4.69, 9.17) is 0 Å². The molecular weight excluding hydrogens is 278 g/mol. The van der Waals surface area contributed by atoms with Gasteiger partial charge in [0.05, 0.1) is 0 Å². The lowest BCUT2D eigenvalue weighted by molar-refractivity contribution is 0.0757. The summed E-state index contributed by atoms with van der Waals surface area (Å²) in [6.45, 7) is 5.50. The minimum absolute atomic E-state index is 0.00965. The van der Waals surface area contributed by atoms with Crippen LogP contribution in [0.1, 0.15) is 21.7 Å². The fourth-order valence-corrected chi connectivity index (χ4v) is 2.96. The summed E-state index contributed by atoms with van der Waals surface area (Å²) in [5.74, 6) is 0.00965. The third kappa shape index (κ3) is 2.62. The lowest BCUT2D eigenvalue weighted by Gasteiger charge is -2.19. The lowest BCUT2D eigenvalue weighted by Crippen LogP contribution is -2.33. The zero-order valence-electron chi connectivity index (χ0n) is 12.4. The van der Waals surface area contributed by atoms with Gasteiger partial charge in [0.2, 0.25) is 0 Å². The average Bonchev–Trinajstić information content (AvgIpc) is 2.97. The van der Waals surface area contributed by atoms with Crippen molar-refractivity contribution < 1.29 is 4.79 Å². The number of carbonyl (C=O) groups excluding carboxylic acids is 1. The minimum Gasteiger partial charge on any atom is -0.357 e. The van der Waals surface area contributed by atoms with Crippen molar-refractivity contribution in [1.29, 1.82) is 0 Å². The van der Waals surface area contributed by atoms with E-state index in [1.807, 2.05) is 17.0 Å². The van der Waals surface area contributed by atoms with Crippen LogP contribution in [0.5, 0.6) is 0 Å². The number of nitrogens with zero attached hydrogens (tertiary/aromatic N) is 2. The zero-order chi connectivity index (χ0) is 15.5. The molecule has 1 aliphatic rings. The maximum atomic E-state index is 12.5. The van der Waals surface area contributed by atoms with E-state index >= 15 is 0 Å². The predicted molar refractivity (Wildman–Crippen MR) is 85.0 cm³/mol. The van der Waals surface area contributed by atoms with Gasteiger partial charge in [0, 0.05) is 44.0 Å². The molecule has 1 amide bonds. The second-order valence-electron chi connectivity index (χ2n) is 5.42. The van der Waals surface area contributed by atoms with Crippen LogP contribution in [-0.4, -0.2) is 33.4 Å². The highest BCUT2D eigenvalue weighted by atomic mass is 16.2. The van der Waals surface area contributed by atoms with Crippen LogP contribution in [0.4, 0.5) is 0 Å². The molecule has 3 rings (SSSR count). The van der Waals surface area contributed by atoms with Crippen molar-refractivity contribution in [3.63, 3.8) is 0 Å². The van der Waals surface area contributed by atoms with Crippen LogP contribution in [0.25, 0.3) is 0 Å². The number of amides is 1. The van der Waals surface area contributed by atoms with E-state index in [0.717, 1.165) is 17.7 Å². The molecule has 0 radical (unpaired) electrons. The Morgan fingerprint density at radius 2 is 2.09 bits per heavy atom. The number of hydrogen-bond donors (Lipinski definition) is 1. The summed E-state index contributed by atoms with van der Waals surface area (Å²) >= 11 is 0. The number of hydrogen-bond acceptors (Lipinski definition) is 2. The molecule has 0 aliphatic carbocycles. The molecule has 0 saturated heterocycles. The molecule has 5 heteroatoms. The van der Waals surface area contributed by atoms with E-state index in [9.17, 15) is 9.59 Å². The zero-order valence-corrected chi connectivity index (χ0v) is 12.4. The second kappa shape index (κ2) is 6.05. The number of H-pyrrole nitrogens is 1. The molecule has 0 spiro atoms. The molecule has 2 aromatic rings. The largest absolute Gasteiger partial charge is 0.357 e. The quantitative estimate of drug-likeness (QED) is 0.875. The Balaban J connectivity index is 1.86. The van der Waals surface area contributed by atoms with Crippen LogP contribution in [0.15, 0.2) is 47.9 Å². The monoisotopic (exact) mass is 297 g/mol. The maximum absolute atomic E-state index is 12.5. The molecule has 22 heavy (non-hydrogen) atoms. The van der Waals surface area contributed by atoms with Crippen LogP contribution in [0.3, 0.4) is 0 Å². The fourth-order valence-electron chi connectivity index (χ4n) is 2.96. The van der Waals surface area contributed by atoms with Gasteiger partial charge in [-0.2, -0.15) is 0 Å². The Morgan fingerprint density at radius 3 is 2.82 bits per heavy atom. The normalized spacial score (nSPS) is 14.3. The van der Waals surface area contributed by atoms with E-state index in [1.165, 1.54) is 0 Å². The Labute approximate surface area is 128 Å². The number of pyridine rings is 1. The number of fused-ring (bicyclic) bond motifs is 1. The molecule has 0 fully saturated rings. The number of carbonyl (C=O) groups is 1. The molecule has 0 unspecified atom stereocenters. The summed E-state index contributed by atoms with van der Waals surface area (Å²) < 4.78 is 1.75. The van der Waals surface area contributed by atoms with Crippen molar-refractivity contribution in [2.75, 3.05) is 13.1 Å². The molecular formula is C17H19N3O2. The standard InChI is InChI=1S/C17H19N3O2/c1-2-10-20-15-8-12-19(17(22)14-4-3-9-18-14)11-7-13(15)5-6-16(20)21/h2-6,9,18H,1,7-8,10-12H2. The van der Waals surface area contributed by atoms with Crippen LogP contribution in [-0.2, 0) is 19.4 Å². The van der Waals surface area contributed by atoms with Gasteiger partial charge in [-0.3, -0.25) is 9.59 Å². The highest BCUT2D eigenvalue weighted by molar-refractivity contribution is 5.92. The molecule has 0 aromatic carbocycles. The second-order valence-corrected chi connectivity index (χ2v) is 5.42. The Bertz CT molecular complexity index is 744. The van der Waals surface area contributed by atoms with Gasteiger partial charge in [-0.1, -0.05) is 12.1 Å². The van der Waals surface area contributed by atoms with Gasteiger partial charge in [0.25, 0.3) is 11.5 Å². The third-order valence-electron chi connectivity index (χ3n) is 4.09. The van der Waals surface area contributed by atoms with Crippen molar-refractivity contribution in [3.8, 4) is 0 Å². The maximum Gasteiger partial charge on any atom is 0.270 e. The summed E-state index contributed by atoms with van der Waals surface area (Å²) in [5, 5.41) is 0. The van der Waals surface area contributed by atoms with E-state index in [2.05, 4.69) is 11.6 Å². The molecule has 0 atom stereocenters. The van der Waals surface area contributed by atoms with Gasteiger partial charge >= 0.3 is 0 Å². The minimum atomic E-state index is -0.0113. The molecule has 114 valence electrons. The number of aromatic amines is 1. The SMILES string of the molecule is C=CCn1c2c(ccc1=O)CCN(C(=O)c1ccc[nH]1)CC2. The molecule has 3 heterocycles. The van der Waals surface area contributed by atoms with E-state index in [1.54, 1.807) is 29.0 Å². The van der Waals surface area contributed by atoms with Crippen molar-refractivity contribution in [2.24, 2.45) is 0 Å². The highest BCUT2D eigenvalue weighted by Crippen LogP contribution is 2.16. The molecule has 5 nitrogen and oxygen atoms in total. The third-order valence-corrected chi connectivity index (χ3v) is 4.09. The van der Waals surface area contributed by atoms with Gasteiger partial charge in [0.1, 0.15) is 5.69 Å². The van der Waals surface area contributed by atoms with Crippen molar-refractivity contribution in [1.82, 2.24) is 14.5 Å². The van der Waals surface area contributed by atoms with Crippen molar-refractivity contribution >= 4 is 5.91 Å². The smallest absolute Gasteiger partial charge is 0.270 e. The molecule has 1 aliphatic heterocycles. The number of rotatable bonds is 3. The lowest BCUT2D eigenvalue weighted by atomic mass is 10.1. The van der Waals surface area contributed by atoms with Gasteiger partial charge in [0.15, 0.2) is 0 Å². The van der Waals surface area contributed by atoms with E-state index in [-0.39, 0.29) is 11.5 Å². The topological polar surface area (TPSA) is 58.1 Å². The fraction of sp³-hybridized carbons (Fsp3) is 0.294. The number of allylic oxidation sites excluding steroid dienone is 1. The first kappa shape index (κ1) is 14.4. The molecule has 0 bridgehead atoms. The van der Waals surface area contributed by atoms with Crippen LogP contribution in [0, 0.1) is 0 Å². The van der Waals surface area contributed by atoms with Gasteiger partial charge in [-0.25, -0.2) is 0 Å². The summed E-state index contributed by atoms with van der Waals surface area (Å²) in [6, 6.07) is 7.10. The summed E-state index contributed by atoms with van der Waals surface area (Å²) in [7, 11) is 0. The summed E-state index contributed by atoms with van der Waals surface area (Å²) in [5.41, 5.74) is 2.76. The van der Waals surface area contributed by atoms with Crippen molar-refractivity contribution in [3.05, 3.63) is 70.4 Å². The van der Waals surface area contributed by atoms with Gasteiger partial charge < -0.3 is 14.5 Å². The van der Waals surface area contributed by atoms with Crippen molar-refractivity contribution in [2.45, 2.75) is 19.4 Å². The first-order valence-electron chi connectivity index (χ1n) is 7.46. The summed E-state index contributed by atoms with van der Waals surface area (Å²) in [4.78, 5) is 29.3. The first-order valence-corrected chi connectivity index (χ1v) is 7.46. The van der Waals surface area contributed by atoms with Gasteiger partial charge in [-0.15, -0.1) is 6.58 Å². The number of aromatic nitrogens is 2. The molecule has 2 aromatic heterocycles. The Morgan fingerprint density at radius 1 is 1.27 bits per heavy atom.